The second kappa shape index (κ2) is 7.08. The van der Waals surface area contributed by atoms with Crippen molar-refractivity contribution < 1.29 is 14.3 Å². The van der Waals surface area contributed by atoms with Crippen molar-refractivity contribution in [1.29, 1.82) is 0 Å². The summed E-state index contributed by atoms with van der Waals surface area (Å²) in [5.74, 6) is -0.102. The van der Waals surface area contributed by atoms with Crippen LogP contribution in [0.15, 0.2) is 24.3 Å². The van der Waals surface area contributed by atoms with Crippen LogP contribution in [0.25, 0.3) is 0 Å². The molecule has 1 saturated heterocycles. The van der Waals surface area contributed by atoms with E-state index in [1.807, 2.05) is 13.0 Å². The number of amides is 2. The van der Waals surface area contributed by atoms with E-state index in [0.29, 0.717) is 31.9 Å². The highest BCUT2D eigenvalue weighted by atomic mass is 16.5. The Morgan fingerprint density at radius 2 is 2.00 bits per heavy atom. The fourth-order valence-electron chi connectivity index (χ4n) is 2.26. The van der Waals surface area contributed by atoms with Gasteiger partial charge in [-0.25, -0.2) is 0 Å². The molecule has 0 radical (unpaired) electrons. The Labute approximate surface area is 124 Å². The standard InChI is InChI=1S/C15H21N3O3/c1-11(15(20)18-6-8-21-9-7-18)17-13-5-3-4-12(10-13)14(19)16-2/h3-5,10-11,17H,6-9H2,1-2H3,(H,16,19)/t11-/m1/s1. The lowest BCUT2D eigenvalue weighted by Gasteiger charge is -2.29. The number of benzene rings is 1. The van der Waals surface area contributed by atoms with Crippen LogP contribution in [0.3, 0.4) is 0 Å². The summed E-state index contributed by atoms with van der Waals surface area (Å²) >= 11 is 0. The average Bonchev–Trinajstić information content (AvgIpc) is 2.54. The quantitative estimate of drug-likeness (QED) is 0.857. The molecule has 114 valence electrons. The number of carbonyl (C=O) groups is 2. The van der Waals surface area contributed by atoms with Gasteiger partial charge in [0.2, 0.25) is 5.91 Å². The molecule has 0 aromatic heterocycles. The summed E-state index contributed by atoms with van der Waals surface area (Å²) in [5, 5.41) is 5.73. The van der Waals surface area contributed by atoms with Crippen LogP contribution in [0.2, 0.25) is 0 Å². The summed E-state index contributed by atoms with van der Waals surface area (Å²) in [6.45, 7) is 4.26. The Bertz CT molecular complexity index is 513. The van der Waals surface area contributed by atoms with Crippen LogP contribution in [0, 0.1) is 0 Å². The second-order valence-electron chi connectivity index (χ2n) is 4.96. The molecule has 2 N–H and O–H groups in total. The number of rotatable bonds is 4. The molecule has 0 saturated carbocycles. The summed E-state index contributed by atoms with van der Waals surface area (Å²) in [6.07, 6.45) is 0. The molecule has 2 rings (SSSR count). The fourth-order valence-corrected chi connectivity index (χ4v) is 2.26. The molecule has 0 unspecified atom stereocenters. The number of anilines is 1. The summed E-state index contributed by atoms with van der Waals surface area (Å²) in [6, 6.07) is 6.76. The first-order valence-electron chi connectivity index (χ1n) is 7.07. The van der Waals surface area contributed by atoms with Gasteiger partial charge in [-0.05, 0) is 25.1 Å². The van der Waals surface area contributed by atoms with Crippen LogP contribution in [-0.2, 0) is 9.53 Å². The van der Waals surface area contributed by atoms with Gasteiger partial charge in [-0.3, -0.25) is 9.59 Å². The van der Waals surface area contributed by atoms with E-state index in [1.165, 1.54) is 0 Å². The lowest BCUT2D eigenvalue weighted by atomic mass is 10.1. The first kappa shape index (κ1) is 15.3. The predicted molar refractivity (Wildman–Crippen MR) is 80.3 cm³/mol. The zero-order valence-electron chi connectivity index (χ0n) is 12.4. The van der Waals surface area contributed by atoms with Gasteiger partial charge in [0.1, 0.15) is 6.04 Å². The lowest BCUT2D eigenvalue weighted by molar-refractivity contribution is -0.135. The Kier molecular flexibility index (Phi) is 5.16. The van der Waals surface area contributed by atoms with Crippen LogP contribution in [0.5, 0.6) is 0 Å². The lowest BCUT2D eigenvalue weighted by Crippen LogP contribution is -2.47. The molecule has 6 nitrogen and oxygen atoms in total. The normalized spacial score (nSPS) is 16.2. The maximum absolute atomic E-state index is 12.3. The topological polar surface area (TPSA) is 70.7 Å². The minimum atomic E-state index is -0.344. The molecule has 6 heteroatoms. The van der Waals surface area contributed by atoms with Gasteiger partial charge in [0.25, 0.3) is 5.91 Å². The highest BCUT2D eigenvalue weighted by Crippen LogP contribution is 2.13. The van der Waals surface area contributed by atoms with Gasteiger partial charge in [-0.2, -0.15) is 0 Å². The third-order valence-corrected chi connectivity index (χ3v) is 3.43. The van der Waals surface area contributed by atoms with Gasteiger partial charge in [0.15, 0.2) is 0 Å². The van der Waals surface area contributed by atoms with Crippen molar-refractivity contribution in [3.8, 4) is 0 Å². The first-order valence-corrected chi connectivity index (χ1v) is 7.07. The van der Waals surface area contributed by atoms with Crippen LogP contribution in [-0.4, -0.2) is 56.1 Å². The highest BCUT2D eigenvalue weighted by molar-refractivity contribution is 5.95. The van der Waals surface area contributed by atoms with Crippen LogP contribution < -0.4 is 10.6 Å². The summed E-state index contributed by atoms with van der Waals surface area (Å²) in [7, 11) is 1.59. The average molecular weight is 291 g/mol. The largest absolute Gasteiger partial charge is 0.378 e. The molecule has 21 heavy (non-hydrogen) atoms. The number of morpholine rings is 1. The molecular formula is C15H21N3O3. The van der Waals surface area contributed by atoms with Gasteiger partial charge >= 0.3 is 0 Å². The van der Waals surface area contributed by atoms with E-state index in [4.69, 9.17) is 4.74 Å². The Balaban J connectivity index is 2.00. The van der Waals surface area contributed by atoms with E-state index in [0.717, 1.165) is 5.69 Å². The Morgan fingerprint density at radius 3 is 2.67 bits per heavy atom. The molecule has 0 aliphatic carbocycles. The third kappa shape index (κ3) is 3.95. The molecule has 0 bridgehead atoms. The van der Waals surface area contributed by atoms with Crippen molar-refractivity contribution in [2.24, 2.45) is 0 Å². The number of hydrogen-bond acceptors (Lipinski definition) is 4. The molecule has 1 atom stereocenters. The van der Waals surface area contributed by atoms with E-state index in [-0.39, 0.29) is 17.9 Å². The first-order chi connectivity index (χ1) is 10.1. The molecule has 1 aromatic carbocycles. The molecule has 2 amide bonds. The van der Waals surface area contributed by atoms with Crippen molar-refractivity contribution >= 4 is 17.5 Å². The highest BCUT2D eigenvalue weighted by Gasteiger charge is 2.22. The molecular weight excluding hydrogens is 270 g/mol. The van der Waals surface area contributed by atoms with Gasteiger partial charge in [-0.15, -0.1) is 0 Å². The summed E-state index contributed by atoms with van der Waals surface area (Å²) in [5.41, 5.74) is 1.32. The van der Waals surface area contributed by atoms with Crippen molar-refractivity contribution in [2.45, 2.75) is 13.0 Å². The minimum Gasteiger partial charge on any atom is -0.378 e. The third-order valence-electron chi connectivity index (χ3n) is 3.43. The van der Waals surface area contributed by atoms with E-state index in [1.54, 1.807) is 30.1 Å². The van der Waals surface area contributed by atoms with Crippen LogP contribution in [0.4, 0.5) is 5.69 Å². The molecule has 1 aliphatic heterocycles. The van der Waals surface area contributed by atoms with E-state index in [9.17, 15) is 9.59 Å². The summed E-state index contributed by atoms with van der Waals surface area (Å²) in [4.78, 5) is 25.7. The molecule has 0 spiro atoms. The zero-order chi connectivity index (χ0) is 15.2. The van der Waals surface area contributed by atoms with E-state index < -0.39 is 0 Å². The van der Waals surface area contributed by atoms with Gasteiger partial charge in [0.05, 0.1) is 13.2 Å². The number of nitrogens with one attached hydrogen (secondary N) is 2. The van der Waals surface area contributed by atoms with Crippen molar-refractivity contribution in [1.82, 2.24) is 10.2 Å². The van der Waals surface area contributed by atoms with Gasteiger partial charge < -0.3 is 20.3 Å². The number of nitrogens with zero attached hydrogens (tertiary/aromatic N) is 1. The molecule has 1 heterocycles. The SMILES string of the molecule is CNC(=O)c1cccc(N[C@H](C)C(=O)N2CCOCC2)c1. The molecule has 1 aromatic rings. The fraction of sp³-hybridized carbons (Fsp3) is 0.467. The van der Waals surface area contributed by atoms with Crippen molar-refractivity contribution in [3.63, 3.8) is 0 Å². The number of ether oxygens (including phenoxy) is 1. The zero-order valence-corrected chi connectivity index (χ0v) is 12.4. The minimum absolute atomic E-state index is 0.0450. The van der Waals surface area contributed by atoms with Gasteiger partial charge in [-0.1, -0.05) is 6.07 Å². The maximum Gasteiger partial charge on any atom is 0.251 e. The van der Waals surface area contributed by atoms with Gasteiger partial charge in [0, 0.05) is 31.4 Å². The Hall–Kier alpha value is -2.08. The molecule has 1 fully saturated rings. The van der Waals surface area contributed by atoms with Crippen molar-refractivity contribution in [3.05, 3.63) is 29.8 Å². The summed E-state index contributed by atoms with van der Waals surface area (Å²) < 4.78 is 5.24. The van der Waals surface area contributed by atoms with E-state index in [2.05, 4.69) is 10.6 Å². The number of hydrogen-bond donors (Lipinski definition) is 2. The second-order valence-corrected chi connectivity index (χ2v) is 4.96. The Morgan fingerprint density at radius 1 is 1.29 bits per heavy atom. The van der Waals surface area contributed by atoms with Crippen LogP contribution in [0.1, 0.15) is 17.3 Å². The van der Waals surface area contributed by atoms with Crippen molar-refractivity contribution in [2.75, 3.05) is 38.7 Å². The smallest absolute Gasteiger partial charge is 0.251 e. The molecule has 1 aliphatic rings. The monoisotopic (exact) mass is 291 g/mol. The van der Waals surface area contributed by atoms with E-state index >= 15 is 0 Å². The van der Waals surface area contributed by atoms with Crippen LogP contribution >= 0.6 is 0 Å². The predicted octanol–water partition coefficient (Wildman–Crippen LogP) is 0.705. The number of carbonyl (C=O) groups excluding carboxylic acids is 2. The maximum atomic E-state index is 12.3.